The molecule has 0 bridgehead atoms. The number of hydrogen-bond acceptors (Lipinski definition) is 1. The summed E-state index contributed by atoms with van der Waals surface area (Å²) in [5.74, 6) is 0.768. The molecular weight excluding hydrogens is 160 g/mol. The molecule has 0 aromatic heterocycles. The molecule has 0 radical (unpaired) electrons. The molecule has 1 aliphatic rings. The Morgan fingerprint density at radius 1 is 1.46 bits per heavy atom. The molecule has 0 saturated carbocycles. The second-order valence-electron chi connectivity index (χ2n) is 5.24. The van der Waals surface area contributed by atoms with Crippen molar-refractivity contribution < 1.29 is 4.74 Å². The smallest absolute Gasteiger partial charge is 0.0582 e. The van der Waals surface area contributed by atoms with Crippen molar-refractivity contribution in [3.05, 3.63) is 0 Å². The third kappa shape index (κ3) is 3.30. The summed E-state index contributed by atoms with van der Waals surface area (Å²) >= 11 is 0. The predicted octanol–water partition coefficient (Wildman–Crippen LogP) is 3.63. The molecule has 0 amide bonds. The maximum atomic E-state index is 5.79. The average molecular weight is 184 g/mol. The summed E-state index contributed by atoms with van der Waals surface area (Å²) in [6, 6.07) is 0. The molecule has 0 aromatic carbocycles. The second-order valence-corrected chi connectivity index (χ2v) is 5.24. The van der Waals surface area contributed by atoms with Crippen LogP contribution in [0.5, 0.6) is 0 Å². The lowest BCUT2D eigenvalue weighted by Gasteiger charge is -2.38. The predicted molar refractivity (Wildman–Crippen MR) is 56.8 cm³/mol. The van der Waals surface area contributed by atoms with Gasteiger partial charge in [0.25, 0.3) is 0 Å². The first-order valence-electron chi connectivity index (χ1n) is 5.67. The Balaban J connectivity index is 2.42. The van der Waals surface area contributed by atoms with Crippen LogP contribution in [-0.2, 0) is 4.74 Å². The summed E-state index contributed by atoms with van der Waals surface area (Å²) in [4.78, 5) is 0. The second kappa shape index (κ2) is 4.45. The molecule has 1 nitrogen and oxygen atoms in total. The van der Waals surface area contributed by atoms with Crippen molar-refractivity contribution >= 4 is 0 Å². The SMILES string of the molecule is CCC1(C)CCOC(CC(C)C)C1. The molecule has 1 aliphatic heterocycles. The van der Waals surface area contributed by atoms with Gasteiger partial charge in [0, 0.05) is 6.61 Å². The van der Waals surface area contributed by atoms with Crippen molar-refractivity contribution in [3.8, 4) is 0 Å². The maximum Gasteiger partial charge on any atom is 0.0582 e. The molecule has 2 atom stereocenters. The average Bonchev–Trinajstić information content (AvgIpc) is 2.03. The van der Waals surface area contributed by atoms with Crippen LogP contribution in [0.3, 0.4) is 0 Å². The van der Waals surface area contributed by atoms with Crippen molar-refractivity contribution in [2.75, 3.05) is 6.61 Å². The molecule has 0 spiro atoms. The molecule has 78 valence electrons. The molecule has 2 unspecified atom stereocenters. The maximum absolute atomic E-state index is 5.79. The molecule has 1 heterocycles. The van der Waals surface area contributed by atoms with E-state index in [-0.39, 0.29) is 0 Å². The lowest BCUT2D eigenvalue weighted by molar-refractivity contribution is -0.0518. The zero-order chi connectivity index (χ0) is 9.90. The van der Waals surface area contributed by atoms with Gasteiger partial charge in [-0.2, -0.15) is 0 Å². The van der Waals surface area contributed by atoms with E-state index in [4.69, 9.17) is 4.74 Å². The van der Waals surface area contributed by atoms with Gasteiger partial charge in [-0.25, -0.2) is 0 Å². The van der Waals surface area contributed by atoms with Crippen LogP contribution in [0.1, 0.15) is 53.4 Å². The van der Waals surface area contributed by atoms with E-state index < -0.39 is 0 Å². The van der Waals surface area contributed by atoms with Gasteiger partial charge in [0.15, 0.2) is 0 Å². The molecule has 1 heteroatoms. The Kier molecular flexibility index (Phi) is 3.78. The Bertz CT molecular complexity index is 153. The largest absolute Gasteiger partial charge is 0.378 e. The fourth-order valence-electron chi connectivity index (χ4n) is 2.18. The standard InChI is InChI=1S/C12H24O/c1-5-12(4)6-7-13-11(9-12)8-10(2)3/h10-11H,5-9H2,1-4H3. The minimum Gasteiger partial charge on any atom is -0.378 e. The van der Waals surface area contributed by atoms with Crippen LogP contribution in [0, 0.1) is 11.3 Å². The van der Waals surface area contributed by atoms with Gasteiger partial charge >= 0.3 is 0 Å². The minimum absolute atomic E-state index is 0.527. The normalized spacial score (nSPS) is 35.3. The van der Waals surface area contributed by atoms with Crippen LogP contribution in [0.25, 0.3) is 0 Å². The van der Waals surface area contributed by atoms with Gasteiger partial charge in [0.05, 0.1) is 6.10 Å². The topological polar surface area (TPSA) is 9.23 Å². The van der Waals surface area contributed by atoms with Crippen LogP contribution in [0.15, 0.2) is 0 Å². The molecule has 1 rings (SSSR count). The van der Waals surface area contributed by atoms with Crippen LogP contribution in [-0.4, -0.2) is 12.7 Å². The van der Waals surface area contributed by atoms with E-state index in [1.807, 2.05) is 0 Å². The Labute approximate surface area is 82.9 Å². The van der Waals surface area contributed by atoms with Crippen LogP contribution in [0.2, 0.25) is 0 Å². The van der Waals surface area contributed by atoms with Crippen molar-refractivity contribution in [1.29, 1.82) is 0 Å². The Morgan fingerprint density at radius 3 is 2.69 bits per heavy atom. The highest BCUT2D eigenvalue weighted by Crippen LogP contribution is 2.37. The fraction of sp³-hybridized carbons (Fsp3) is 1.00. The third-order valence-electron chi connectivity index (χ3n) is 3.37. The van der Waals surface area contributed by atoms with Gasteiger partial charge < -0.3 is 4.74 Å². The Hall–Kier alpha value is -0.0400. The van der Waals surface area contributed by atoms with Gasteiger partial charge in [-0.15, -0.1) is 0 Å². The summed E-state index contributed by atoms with van der Waals surface area (Å²) in [6.45, 7) is 10.2. The zero-order valence-electron chi connectivity index (χ0n) is 9.60. The van der Waals surface area contributed by atoms with Crippen molar-refractivity contribution in [2.24, 2.45) is 11.3 Å². The monoisotopic (exact) mass is 184 g/mol. The molecule has 1 fully saturated rings. The first-order chi connectivity index (χ1) is 6.06. The van der Waals surface area contributed by atoms with E-state index in [1.165, 1.54) is 25.7 Å². The molecule has 0 N–H and O–H groups in total. The number of ether oxygens (including phenoxy) is 1. The van der Waals surface area contributed by atoms with Gasteiger partial charge in [-0.3, -0.25) is 0 Å². The van der Waals surface area contributed by atoms with Crippen molar-refractivity contribution in [2.45, 2.75) is 59.5 Å². The van der Waals surface area contributed by atoms with E-state index in [2.05, 4.69) is 27.7 Å². The number of rotatable bonds is 3. The molecule has 13 heavy (non-hydrogen) atoms. The van der Waals surface area contributed by atoms with Crippen molar-refractivity contribution in [1.82, 2.24) is 0 Å². The summed E-state index contributed by atoms with van der Waals surface area (Å²) < 4.78 is 5.79. The van der Waals surface area contributed by atoms with E-state index in [0.29, 0.717) is 11.5 Å². The highest BCUT2D eigenvalue weighted by Gasteiger charge is 2.31. The highest BCUT2D eigenvalue weighted by atomic mass is 16.5. The lowest BCUT2D eigenvalue weighted by atomic mass is 9.76. The van der Waals surface area contributed by atoms with Crippen molar-refractivity contribution in [3.63, 3.8) is 0 Å². The third-order valence-corrected chi connectivity index (χ3v) is 3.37. The summed E-state index contributed by atoms with van der Waals surface area (Å²) in [7, 11) is 0. The van der Waals surface area contributed by atoms with E-state index in [0.717, 1.165) is 12.5 Å². The van der Waals surface area contributed by atoms with Gasteiger partial charge in [0.2, 0.25) is 0 Å². The van der Waals surface area contributed by atoms with Crippen LogP contribution in [0.4, 0.5) is 0 Å². The molecule has 1 saturated heterocycles. The molecule has 0 aromatic rings. The van der Waals surface area contributed by atoms with E-state index >= 15 is 0 Å². The Morgan fingerprint density at radius 2 is 2.15 bits per heavy atom. The van der Waals surface area contributed by atoms with Gasteiger partial charge in [-0.1, -0.05) is 34.1 Å². The fourth-order valence-corrected chi connectivity index (χ4v) is 2.18. The van der Waals surface area contributed by atoms with Gasteiger partial charge in [-0.05, 0) is 30.6 Å². The lowest BCUT2D eigenvalue weighted by Crippen LogP contribution is -2.33. The molecule has 0 aliphatic carbocycles. The first-order valence-corrected chi connectivity index (χ1v) is 5.67. The number of hydrogen-bond donors (Lipinski definition) is 0. The molecular formula is C12H24O. The quantitative estimate of drug-likeness (QED) is 0.651. The van der Waals surface area contributed by atoms with Crippen LogP contribution < -0.4 is 0 Å². The van der Waals surface area contributed by atoms with Crippen LogP contribution >= 0.6 is 0 Å². The first kappa shape index (κ1) is 11.0. The summed E-state index contributed by atoms with van der Waals surface area (Å²) in [5, 5.41) is 0. The summed E-state index contributed by atoms with van der Waals surface area (Å²) in [5.41, 5.74) is 0.553. The van der Waals surface area contributed by atoms with E-state index in [1.54, 1.807) is 0 Å². The highest BCUT2D eigenvalue weighted by molar-refractivity contribution is 4.81. The van der Waals surface area contributed by atoms with E-state index in [9.17, 15) is 0 Å². The summed E-state index contributed by atoms with van der Waals surface area (Å²) in [6.07, 6.45) is 5.57. The zero-order valence-corrected chi connectivity index (χ0v) is 9.60. The minimum atomic E-state index is 0.527. The van der Waals surface area contributed by atoms with Gasteiger partial charge in [0.1, 0.15) is 0 Å².